The molecule has 1 N–H and O–H groups in total. The second-order valence-electron chi connectivity index (χ2n) is 6.01. The third-order valence-electron chi connectivity index (χ3n) is 3.65. The van der Waals surface area contributed by atoms with Crippen molar-refractivity contribution in [1.82, 2.24) is 9.13 Å². The molecule has 0 aliphatic rings. The zero-order chi connectivity index (χ0) is 14.9. The van der Waals surface area contributed by atoms with Gasteiger partial charge in [-0.3, -0.25) is 9.13 Å². The minimum Gasteiger partial charge on any atom is -0.395 e. The zero-order valence-electron chi connectivity index (χ0n) is 12.5. The van der Waals surface area contributed by atoms with Crippen LogP contribution >= 0.6 is 0 Å². The third-order valence-corrected chi connectivity index (χ3v) is 3.65. The fraction of sp³-hybridized carbons (Fsp3) is 0.438. The van der Waals surface area contributed by atoms with Gasteiger partial charge < -0.3 is 5.11 Å². The van der Waals surface area contributed by atoms with E-state index in [9.17, 15) is 9.90 Å². The van der Waals surface area contributed by atoms with Gasteiger partial charge in [0.25, 0.3) is 0 Å². The molecule has 2 rings (SSSR count). The molecule has 1 aromatic carbocycles. The van der Waals surface area contributed by atoms with Crippen LogP contribution in [0.2, 0.25) is 0 Å². The summed E-state index contributed by atoms with van der Waals surface area (Å²) < 4.78 is 3.34. The molecule has 0 aliphatic heterocycles. The van der Waals surface area contributed by atoms with E-state index < -0.39 is 5.41 Å². The van der Waals surface area contributed by atoms with Crippen LogP contribution in [0.4, 0.5) is 0 Å². The smallest absolute Gasteiger partial charge is 0.332 e. The summed E-state index contributed by atoms with van der Waals surface area (Å²) in [4.78, 5) is 12.4. The molecule has 0 unspecified atom stereocenters. The van der Waals surface area contributed by atoms with Crippen molar-refractivity contribution in [1.29, 1.82) is 0 Å². The van der Waals surface area contributed by atoms with Crippen molar-refractivity contribution in [3.05, 3.63) is 52.7 Å². The highest BCUT2D eigenvalue weighted by molar-refractivity contribution is 5.45. The lowest BCUT2D eigenvalue weighted by Crippen LogP contribution is -2.28. The van der Waals surface area contributed by atoms with E-state index in [1.807, 2.05) is 52.0 Å². The molecule has 4 nitrogen and oxygen atoms in total. The highest BCUT2D eigenvalue weighted by Gasteiger charge is 2.24. The SMILES string of the molecule is CC(C)n1ccn(-c2ccccc2C(C)(C)CO)c1=O. The molecular weight excluding hydrogens is 252 g/mol. The highest BCUT2D eigenvalue weighted by Crippen LogP contribution is 2.27. The molecule has 1 heterocycles. The first kappa shape index (κ1) is 14.6. The lowest BCUT2D eigenvalue weighted by atomic mass is 9.84. The number of nitrogens with zero attached hydrogens (tertiary/aromatic N) is 2. The Balaban J connectivity index is 2.63. The van der Waals surface area contributed by atoms with E-state index in [-0.39, 0.29) is 18.3 Å². The average Bonchev–Trinajstić information content (AvgIpc) is 2.80. The first-order chi connectivity index (χ1) is 9.38. The van der Waals surface area contributed by atoms with Gasteiger partial charge in [0, 0.05) is 23.9 Å². The molecule has 4 heteroatoms. The molecule has 1 aromatic heterocycles. The van der Waals surface area contributed by atoms with Crippen LogP contribution in [0, 0.1) is 0 Å². The van der Waals surface area contributed by atoms with Crippen molar-refractivity contribution in [3.8, 4) is 5.69 Å². The van der Waals surface area contributed by atoms with Crippen LogP contribution in [0.25, 0.3) is 5.69 Å². The van der Waals surface area contributed by atoms with Crippen molar-refractivity contribution in [2.45, 2.75) is 39.2 Å². The molecule has 0 spiro atoms. The summed E-state index contributed by atoms with van der Waals surface area (Å²) in [6, 6.07) is 7.84. The predicted molar refractivity (Wildman–Crippen MR) is 80.5 cm³/mol. The fourth-order valence-corrected chi connectivity index (χ4v) is 2.31. The van der Waals surface area contributed by atoms with Crippen LogP contribution in [-0.4, -0.2) is 20.8 Å². The van der Waals surface area contributed by atoms with Gasteiger partial charge in [-0.15, -0.1) is 0 Å². The number of rotatable bonds is 4. The standard InChI is InChI=1S/C16H22N2O2/c1-12(2)17-9-10-18(15(17)20)14-8-6-5-7-13(14)16(3,4)11-19/h5-10,12,19H,11H2,1-4H3. The molecule has 0 aliphatic carbocycles. The Morgan fingerprint density at radius 2 is 1.85 bits per heavy atom. The van der Waals surface area contributed by atoms with Crippen LogP contribution < -0.4 is 5.69 Å². The van der Waals surface area contributed by atoms with Gasteiger partial charge in [0.1, 0.15) is 0 Å². The van der Waals surface area contributed by atoms with E-state index in [0.717, 1.165) is 11.3 Å². The van der Waals surface area contributed by atoms with Gasteiger partial charge in [-0.25, -0.2) is 4.79 Å². The molecule has 0 saturated heterocycles. The first-order valence-corrected chi connectivity index (χ1v) is 6.88. The largest absolute Gasteiger partial charge is 0.395 e. The first-order valence-electron chi connectivity index (χ1n) is 6.88. The summed E-state index contributed by atoms with van der Waals surface area (Å²) in [7, 11) is 0. The summed E-state index contributed by atoms with van der Waals surface area (Å²) in [5.74, 6) is 0. The molecule has 0 bridgehead atoms. The van der Waals surface area contributed by atoms with E-state index in [0.29, 0.717) is 0 Å². The molecule has 108 valence electrons. The Morgan fingerprint density at radius 3 is 2.40 bits per heavy atom. The Labute approximate surface area is 119 Å². The van der Waals surface area contributed by atoms with Crippen LogP contribution in [0.15, 0.2) is 41.5 Å². The predicted octanol–water partition coefficient (Wildman–Crippen LogP) is 2.49. The van der Waals surface area contributed by atoms with Crippen molar-refractivity contribution in [2.75, 3.05) is 6.61 Å². The van der Waals surface area contributed by atoms with E-state index in [1.165, 1.54) is 0 Å². The Morgan fingerprint density at radius 1 is 1.20 bits per heavy atom. The Bertz CT molecular complexity index is 650. The molecular formula is C16H22N2O2. The number of hydrogen-bond donors (Lipinski definition) is 1. The number of aromatic nitrogens is 2. The third kappa shape index (κ3) is 2.43. The van der Waals surface area contributed by atoms with Gasteiger partial charge in [0.2, 0.25) is 0 Å². The van der Waals surface area contributed by atoms with Gasteiger partial charge in [0.05, 0.1) is 12.3 Å². The molecule has 2 aromatic rings. The van der Waals surface area contributed by atoms with Crippen LogP contribution in [-0.2, 0) is 5.41 Å². The van der Waals surface area contributed by atoms with Crippen molar-refractivity contribution in [2.24, 2.45) is 0 Å². The Hall–Kier alpha value is -1.81. The van der Waals surface area contributed by atoms with Crippen LogP contribution in [0.1, 0.15) is 39.3 Å². The summed E-state index contributed by atoms with van der Waals surface area (Å²) in [5, 5.41) is 9.59. The van der Waals surface area contributed by atoms with Gasteiger partial charge in [-0.2, -0.15) is 0 Å². The van der Waals surface area contributed by atoms with Crippen molar-refractivity contribution in [3.63, 3.8) is 0 Å². The summed E-state index contributed by atoms with van der Waals surface area (Å²) in [6.07, 6.45) is 3.59. The minimum atomic E-state index is -0.393. The van der Waals surface area contributed by atoms with Crippen molar-refractivity contribution < 1.29 is 5.11 Å². The number of para-hydroxylation sites is 1. The normalized spacial score (nSPS) is 12.1. The van der Waals surface area contributed by atoms with Crippen molar-refractivity contribution >= 4 is 0 Å². The minimum absolute atomic E-state index is 0.0314. The molecule has 0 atom stereocenters. The van der Waals surface area contributed by atoms with E-state index in [1.54, 1.807) is 21.5 Å². The zero-order valence-corrected chi connectivity index (χ0v) is 12.5. The monoisotopic (exact) mass is 274 g/mol. The molecule has 0 saturated carbocycles. The van der Waals surface area contributed by atoms with E-state index in [2.05, 4.69) is 0 Å². The average molecular weight is 274 g/mol. The maximum atomic E-state index is 12.4. The van der Waals surface area contributed by atoms with Gasteiger partial charge in [0.15, 0.2) is 0 Å². The number of aliphatic hydroxyl groups is 1. The fourth-order valence-electron chi connectivity index (χ4n) is 2.31. The number of benzene rings is 1. The maximum Gasteiger partial charge on any atom is 0.332 e. The number of hydrogen-bond acceptors (Lipinski definition) is 2. The molecule has 20 heavy (non-hydrogen) atoms. The lowest BCUT2D eigenvalue weighted by molar-refractivity contribution is 0.218. The number of imidazole rings is 1. The van der Waals surface area contributed by atoms with Crippen LogP contribution in [0.5, 0.6) is 0 Å². The maximum absolute atomic E-state index is 12.4. The second-order valence-corrected chi connectivity index (χ2v) is 6.01. The topological polar surface area (TPSA) is 47.2 Å². The summed E-state index contributed by atoms with van der Waals surface area (Å²) >= 11 is 0. The van der Waals surface area contributed by atoms with Gasteiger partial charge >= 0.3 is 5.69 Å². The molecule has 0 radical (unpaired) electrons. The number of aliphatic hydroxyl groups excluding tert-OH is 1. The van der Waals surface area contributed by atoms with Gasteiger partial charge in [-0.05, 0) is 25.5 Å². The Kier molecular flexibility index (Phi) is 3.86. The quantitative estimate of drug-likeness (QED) is 0.931. The second kappa shape index (κ2) is 5.29. The lowest BCUT2D eigenvalue weighted by Gasteiger charge is -2.25. The molecule has 0 fully saturated rings. The van der Waals surface area contributed by atoms with E-state index in [4.69, 9.17) is 0 Å². The van der Waals surface area contributed by atoms with Crippen LogP contribution in [0.3, 0.4) is 0 Å². The molecule has 0 amide bonds. The van der Waals surface area contributed by atoms with E-state index >= 15 is 0 Å². The van der Waals surface area contributed by atoms with Gasteiger partial charge in [-0.1, -0.05) is 32.0 Å². The summed E-state index contributed by atoms with van der Waals surface area (Å²) in [5.41, 5.74) is 1.35. The highest BCUT2D eigenvalue weighted by atomic mass is 16.3. The summed E-state index contributed by atoms with van der Waals surface area (Å²) in [6.45, 7) is 7.93.